The number of hydrogen-bond acceptors (Lipinski definition) is 3. The molecule has 5 nitrogen and oxygen atoms in total. The third-order valence-electron chi connectivity index (χ3n) is 4.46. The molecule has 3 aromatic heterocycles. The van der Waals surface area contributed by atoms with Crippen molar-refractivity contribution in [3.05, 3.63) is 65.4 Å². The summed E-state index contributed by atoms with van der Waals surface area (Å²) in [7, 11) is 0. The molecule has 0 aliphatic carbocycles. The average Bonchev–Trinajstić information content (AvgIpc) is 3.10. The molecule has 0 radical (unpaired) electrons. The summed E-state index contributed by atoms with van der Waals surface area (Å²) >= 11 is 0. The Labute approximate surface area is 145 Å². The lowest BCUT2D eigenvalue weighted by molar-refractivity contribution is 0.0955. The Balaban J connectivity index is 1.99. The van der Waals surface area contributed by atoms with Crippen LogP contribution in [0.4, 0.5) is 0 Å². The number of imidazole rings is 2. The maximum absolute atomic E-state index is 13.5. The maximum atomic E-state index is 13.5. The zero-order chi connectivity index (χ0) is 17.6. The van der Waals surface area contributed by atoms with Crippen molar-refractivity contribution in [2.45, 2.75) is 33.6 Å². The van der Waals surface area contributed by atoms with Gasteiger partial charge in [0.25, 0.3) is 5.91 Å². The molecule has 3 heterocycles. The molecule has 0 saturated carbocycles. The molecule has 1 aromatic carbocycles. The molecule has 0 aliphatic heterocycles. The largest absolute Gasteiger partial charge is 0.295 e. The summed E-state index contributed by atoms with van der Waals surface area (Å²) in [5.41, 5.74) is 5.03. The number of aryl methyl sites for hydroxylation is 3. The second-order valence-electron chi connectivity index (χ2n) is 6.38. The van der Waals surface area contributed by atoms with Gasteiger partial charge < -0.3 is 0 Å². The number of carbonyl (C=O) groups is 1. The van der Waals surface area contributed by atoms with Crippen LogP contribution in [-0.2, 0) is 6.42 Å². The standard InChI is InChI=1S/C20H20N4O/c1-4-7-16-19(23-12-13(2)10-11-18(23)22-16)20(25)24-14(3)21-15-8-5-6-9-17(15)24/h5-6,8-12H,4,7H2,1-3H3. The summed E-state index contributed by atoms with van der Waals surface area (Å²) in [4.78, 5) is 22.7. The van der Waals surface area contributed by atoms with E-state index in [2.05, 4.69) is 11.9 Å². The smallest absolute Gasteiger partial charge is 0.282 e. The van der Waals surface area contributed by atoms with Gasteiger partial charge in [0.05, 0.1) is 16.7 Å². The van der Waals surface area contributed by atoms with Crippen molar-refractivity contribution in [2.75, 3.05) is 0 Å². The zero-order valence-electron chi connectivity index (χ0n) is 14.7. The highest BCUT2D eigenvalue weighted by atomic mass is 16.2. The molecule has 0 saturated heterocycles. The van der Waals surface area contributed by atoms with Crippen LogP contribution in [0.2, 0.25) is 0 Å². The van der Waals surface area contributed by atoms with Gasteiger partial charge in [0.1, 0.15) is 17.2 Å². The number of carbonyl (C=O) groups excluding carboxylic acids is 1. The first kappa shape index (κ1) is 15.6. The fraction of sp³-hybridized carbons (Fsp3) is 0.250. The van der Waals surface area contributed by atoms with Crippen molar-refractivity contribution in [2.24, 2.45) is 0 Å². The lowest BCUT2D eigenvalue weighted by Gasteiger charge is -2.08. The second kappa shape index (κ2) is 5.84. The molecule has 4 rings (SSSR count). The van der Waals surface area contributed by atoms with Crippen LogP contribution in [0.5, 0.6) is 0 Å². The summed E-state index contributed by atoms with van der Waals surface area (Å²) in [6, 6.07) is 11.7. The summed E-state index contributed by atoms with van der Waals surface area (Å²) in [5.74, 6) is 0.615. The van der Waals surface area contributed by atoms with E-state index >= 15 is 0 Å². The topological polar surface area (TPSA) is 52.2 Å². The summed E-state index contributed by atoms with van der Waals surface area (Å²) in [6.07, 6.45) is 3.68. The number of benzene rings is 1. The SMILES string of the molecule is CCCc1nc2ccc(C)cn2c1C(=O)n1c(C)nc2ccccc21. The number of fused-ring (bicyclic) bond motifs is 2. The number of rotatable bonds is 3. The molecular formula is C20H20N4O. The minimum absolute atomic E-state index is 0.0762. The van der Waals surface area contributed by atoms with Gasteiger partial charge in [-0.1, -0.05) is 31.5 Å². The van der Waals surface area contributed by atoms with Crippen molar-refractivity contribution in [3.63, 3.8) is 0 Å². The van der Waals surface area contributed by atoms with Gasteiger partial charge in [-0.05, 0) is 44.0 Å². The Kier molecular flexibility index (Phi) is 3.64. The summed E-state index contributed by atoms with van der Waals surface area (Å²) in [5, 5.41) is 0. The van der Waals surface area contributed by atoms with Gasteiger partial charge in [-0.15, -0.1) is 0 Å². The Morgan fingerprint density at radius 2 is 1.88 bits per heavy atom. The molecule has 0 fully saturated rings. The molecule has 5 heteroatoms. The first-order valence-corrected chi connectivity index (χ1v) is 8.56. The summed E-state index contributed by atoms with van der Waals surface area (Å²) in [6.45, 7) is 5.98. The van der Waals surface area contributed by atoms with Crippen LogP contribution in [0.25, 0.3) is 16.7 Å². The third kappa shape index (κ3) is 2.43. The van der Waals surface area contributed by atoms with Gasteiger partial charge >= 0.3 is 0 Å². The Hall–Kier alpha value is -2.95. The molecule has 0 unspecified atom stereocenters. The van der Waals surface area contributed by atoms with Gasteiger partial charge in [-0.2, -0.15) is 0 Å². The minimum atomic E-state index is -0.0762. The number of nitrogens with zero attached hydrogens (tertiary/aromatic N) is 4. The fourth-order valence-corrected chi connectivity index (χ4v) is 3.35. The first-order chi connectivity index (χ1) is 12.1. The highest BCUT2D eigenvalue weighted by molar-refractivity contribution is 6.02. The predicted octanol–water partition coefficient (Wildman–Crippen LogP) is 3.94. The van der Waals surface area contributed by atoms with E-state index in [9.17, 15) is 4.79 Å². The quantitative estimate of drug-likeness (QED) is 0.571. The fourth-order valence-electron chi connectivity index (χ4n) is 3.35. The maximum Gasteiger partial charge on any atom is 0.282 e. The Morgan fingerprint density at radius 1 is 1.08 bits per heavy atom. The van der Waals surface area contributed by atoms with Crippen molar-refractivity contribution in [1.82, 2.24) is 18.9 Å². The van der Waals surface area contributed by atoms with Crippen LogP contribution < -0.4 is 0 Å². The number of hydrogen-bond donors (Lipinski definition) is 0. The van der Waals surface area contributed by atoms with E-state index in [4.69, 9.17) is 4.98 Å². The van der Waals surface area contributed by atoms with E-state index in [0.29, 0.717) is 11.5 Å². The van der Waals surface area contributed by atoms with Gasteiger partial charge in [-0.25, -0.2) is 9.97 Å². The summed E-state index contributed by atoms with van der Waals surface area (Å²) < 4.78 is 3.61. The molecular weight excluding hydrogens is 312 g/mol. The van der Waals surface area contributed by atoms with E-state index in [1.54, 1.807) is 4.57 Å². The van der Waals surface area contributed by atoms with Crippen molar-refractivity contribution in [1.29, 1.82) is 0 Å². The van der Waals surface area contributed by atoms with Gasteiger partial charge in [0.2, 0.25) is 0 Å². The molecule has 0 atom stereocenters. The number of para-hydroxylation sites is 2. The molecule has 4 aromatic rings. The second-order valence-corrected chi connectivity index (χ2v) is 6.38. The molecule has 0 amide bonds. The lowest BCUT2D eigenvalue weighted by Crippen LogP contribution is -2.17. The van der Waals surface area contributed by atoms with Crippen LogP contribution in [-0.4, -0.2) is 24.8 Å². The predicted molar refractivity (Wildman–Crippen MR) is 98.1 cm³/mol. The van der Waals surface area contributed by atoms with Gasteiger partial charge in [0, 0.05) is 6.20 Å². The van der Waals surface area contributed by atoms with E-state index in [1.165, 1.54) is 0 Å². The van der Waals surface area contributed by atoms with Gasteiger partial charge in [-0.3, -0.25) is 13.8 Å². The highest BCUT2D eigenvalue weighted by Crippen LogP contribution is 2.21. The van der Waals surface area contributed by atoms with E-state index < -0.39 is 0 Å². The van der Waals surface area contributed by atoms with Crippen LogP contribution in [0, 0.1) is 13.8 Å². The molecule has 0 N–H and O–H groups in total. The molecule has 0 bridgehead atoms. The van der Waals surface area contributed by atoms with E-state index in [1.807, 2.05) is 60.8 Å². The van der Waals surface area contributed by atoms with Gasteiger partial charge in [0.15, 0.2) is 0 Å². The van der Waals surface area contributed by atoms with Crippen LogP contribution >= 0.6 is 0 Å². The van der Waals surface area contributed by atoms with Crippen LogP contribution in [0.1, 0.15) is 40.9 Å². The van der Waals surface area contributed by atoms with Crippen molar-refractivity contribution in [3.8, 4) is 0 Å². The highest BCUT2D eigenvalue weighted by Gasteiger charge is 2.23. The lowest BCUT2D eigenvalue weighted by atomic mass is 10.2. The normalized spacial score (nSPS) is 11.5. The third-order valence-corrected chi connectivity index (χ3v) is 4.46. The molecule has 0 spiro atoms. The first-order valence-electron chi connectivity index (χ1n) is 8.56. The monoisotopic (exact) mass is 332 g/mol. The zero-order valence-corrected chi connectivity index (χ0v) is 14.7. The van der Waals surface area contributed by atoms with Crippen molar-refractivity contribution >= 4 is 22.6 Å². The van der Waals surface area contributed by atoms with E-state index in [-0.39, 0.29) is 5.91 Å². The number of aromatic nitrogens is 4. The minimum Gasteiger partial charge on any atom is -0.295 e. The van der Waals surface area contributed by atoms with Crippen LogP contribution in [0.3, 0.4) is 0 Å². The molecule has 25 heavy (non-hydrogen) atoms. The van der Waals surface area contributed by atoms with Crippen LogP contribution in [0.15, 0.2) is 42.6 Å². The average molecular weight is 332 g/mol. The Bertz CT molecular complexity index is 1100. The molecule has 126 valence electrons. The Morgan fingerprint density at radius 3 is 2.68 bits per heavy atom. The van der Waals surface area contributed by atoms with E-state index in [0.717, 1.165) is 40.8 Å². The molecule has 0 aliphatic rings. The van der Waals surface area contributed by atoms with Crippen molar-refractivity contribution < 1.29 is 4.79 Å². The number of pyridine rings is 1.